The summed E-state index contributed by atoms with van der Waals surface area (Å²) in [4.78, 5) is 32.1. The number of amides is 2. The number of H-pyrrole nitrogens is 1. The first-order valence-corrected chi connectivity index (χ1v) is 17.0. The summed E-state index contributed by atoms with van der Waals surface area (Å²) in [6, 6.07) is 9.57. The SMILES string of the molecule is Cc1[nH]c(C=C2C(=O)Nc3ccc(S(=O)(=O)Cc4c(Cl)cccc4Cl)cc32)c(C)c1C(=O)N1CCC[C@H]1CNCC1CC1. The zero-order valence-corrected chi connectivity index (χ0v) is 26.4. The molecule has 2 fully saturated rings. The summed E-state index contributed by atoms with van der Waals surface area (Å²) in [5, 5.41) is 6.91. The molecule has 8 nitrogen and oxygen atoms in total. The number of carbonyl (C=O) groups excluding carboxylic acids is 2. The van der Waals surface area contributed by atoms with Gasteiger partial charge < -0.3 is 20.5 Å². The number of carbonyl (C=O) groups is 2. The molecule has 1 saturated heterocycles. The van der Waals surface area contributed by atoms with E-state index in [2.05, 4.69) is 15.6 Å². The van der Waals surface area contributed by atoms with E-state index < -0.39 is 9.84 Å². The smallest absolute Gasteiger partial charge is 0.256 e. The third kappa shape index (κ3) is 6.00. The highest BCUT2D eigenvalue weighted by Crippen LogP contribution is 2.37. The highest BCUT2D eigenvalue weighted by atomic mass is 35.5. The molecule has 2 aliphatic heterocycles. The van der Waals surface area contributed by atoms with E-state index in [1.165, 1.54) is 25.0 Å². The summed E-state index contributed by atoms with van der Waals surface area (Å²) >= 11 is 12.5. The molecular formula is C32H34Cl2N4O4S. The minimum Gasteiger partial charge on any atom is -0.358 e. The summed E-state index contributed by atoms with van der Waals surface area (Å²) in [7, 11) is -3.84. The van der Waals surface area contributed by atoms with Crippen molar-refractivity contribution < 1.29 is 18.0 Å². The van der Waals surface area contributed by atoms with Crippen LogP contribution in [0.2, 0.25) is 10.0 Å². The summed E-state index contributed by atoms with van der Waals surface area (Å²) in [6.45, 7) is 6.28. The molecule has 6 rings (SSSR count). The fraction of sp³-hybridized carbons (Fsp3) is 0.375. The lowest BCUT2D eigenvalue weighted by molar-refractivity contribution is -0.110. The van der Waals surface area contributed by atoms with Crippen LogP contribution in [0.25, 0.3) is 11.6 Å². The van der Waals surface area contributed by atoms with Gasteiger partial charge in [0.1, 0.15) is 0 Å². The maximum atomic E-state index is 13.8. The Balaban J connectivity index is 1.27. The molecule has 226 valence electrons. The first-order valence-electron chi connectivity index (χ1n) is 14.6. The van der Waals surface area contributed by atoms with Crippen LogP contribution in [0.5, 0.6) is 0 Å². The number of benzene rings is 2. The molecule has 0 bridgehead atoms. The van der Waals surface area contributed by atoms with Gasteiger partial charge in [-0.1, -0.05) is 29.3 Å². The highest BCUT2D eigenvalue weighted by molar-refractivity contribution is 7.90. The number of aryl methyl sites for hydroxylation is 1. The first-order chi connectivity index (χ1) is 20.5. The van der Waals surface area contributed by atoms with E-state index in [1.807, 2.05) is 18.7 Å². The fourth-order valence-corrected chi connectivity index (χ4v) is 8.19. The van der Waals surface area contributed by atoms with Crippen LogP contribution in [0, 0.1) is 19.8 Å². The van der Waals surface area contributed by atoms with Gasteiger partial charge in [-0.25, -0.2) is 8.42 Å². The van der Waals surface area contributed by atoms with Crippen molar-refractivity contribution in [3.63, 3.8) is 0 Å². The summed E-state index contributed by atoms with van der Waals surface area (Å²) < 4.78 is 26.8. The Morgan fingerprint density at radius 1 is 1.09 bits per heavy atom. The lowest BCUT2D eigenvalue weighted by Gasteiger charge is -2.25. The number of nitrogens with one attached hydrogen (secondary N) is 3. The maximum Gasteiger partial charge on any atom is 0.256 e. The van der Waals surface area contributed by atoms with E-state index in [4.69, 9.17) is 23.2 Å². The van der Waals surface area contributed by atoms with Crippen molar-refractivity contribution in [1.29, 1.82) is 0 Å². The number of anilines is 1. The lowest BCUT2D eigenvalue weighted by Crippen LogP contribution is -2.42. The average molecular weight is 642 g/mol. The number of sulfone groups is 1. The van der Waals surface area contributed by atoms with Crippen LogP contribution in [0.3, 0.4) is 0 Å². The van der Waals surface area contributed by atoms with Gasteiger partial charge in [0.25, 0.3) is 11.8 Å². The second-order valence-corrected chi connectivity index (χ2v) is 14.5. The van der Waals surface area contributed by atoms with Gasteiger partial charge in [0.2, 0.25) is 0 Å². The van der Waals surface area contributed by atoms with E-state index in [0.29, 0.717) is 33.6 Å². The molecule has 3 aromatic rings. The molecule has 1 atom stereocenters. The topological polar surface area (TPSA) is 111 Å². The maximum absolute atomic E-state index is 13.8. The molecule has 3 N–H and O–H groups in total. The molecule has 1 aliphatic carbocycles. The largest absolute Gasteiger partial charge is 0.358 e. The normalized spacial score (nSPS) is 19.3. The Labute approximate surface area is 261 Å². The zero-order chi connectivity index (χ0) is 30.5. The molecule has 3 heterocycles. The van der Waals surface area contributed by atoms with E-state index in [0.717, 1.165) is 49.7 Å². The minimum atomic E-state index is -3.84. The number of likely N-dealkylation sites (tertiary alicyclic amines) is 1. The molecule has 0 unspecified atom stereocenters. The van der Waals surface area contributed by atoms with Crippen LogP contribution in [0.15, 0.2) is 41.3 Å². The van der Waals surface area contributed by atoms with Crippen LogP contribution in [-0.4, -0.2) is 55.8 Å². The molecule has 11 heteroatoms. The van der Waals surface area contributed by atoms with E-state index in [1.54, 1.807) is 30.3 Å². The Kier molecular flexibility index (Phi) is 8.19. The van der Waals surface area contributed by atoms with Crippen LogP contribution in [-0.2, 0) is 20.4 Å². The molecular weight excluding hydrogens is 607 g/mol. The zero-order valence-electron chi connectivity index (χ0n) is 24.1. The fourth-order valence-electron chi connectivity index (χ4n) is 6.07. The predicted molar refractivity (Wildman–Crippen MR) is 170 cm³/mol. The van der Waals surface area contributed by atoms with Gasteiger partial charge in [-0.2, -0.15) is 0 Å². The van der Waals surface area contributed by atoms with Gasteiger partial charge in [0.15, 0.2) is 9.84 Å². The molecule has 1 aromatic heterocycles. The molecule has 2 aromatic carbocycles. The number of hydrogen-bond acceptors (Lipinski definition) is 5. The Bertz CT molecular complexity index is 1740. The lowest BCUT2D eigenvalue weighted by atomic mass is 10.0. The Hall–Kier alpha value is -3.11. The van der Waals surface area contributed by atoms with Crippen LogP contribution < -0.4 is 10.6 Å². The Morgan fingerprint density at radius 3 is 2.56 bits per heavy atom. The van der Waals surface area contributed by atoms with Crippen molar-refractivity contribution in [2.75, 3.05) is 25.0 Å². The van der Waals surface area contributed by atoms with Gasteiger partial charge in [-0.05, 0) is 94.0 Å². The predicted octanol–water partition coefficient (Wildman–Crippen LogP) is 6.01. The Morgan fingerprint density at radius 2 is 1.84 bits per heavy atom. The number of nitrogens with zero attached hydrogens (tertiary/aromatic N) is 1. The number of aromatic amines is 1. The highest BCUT2D eigenvalue weighted by Gasteiger charge is 2.33. The third-order valence-electron chi connectivity index (χ3n) is 8.66. The first kappa shape index (κ1) is 29.9. The van der Waals surface area contributed by atoms with Crippen molar-refractivity contribution in [3.05, 3.63) is 80.1 Å². The van der Waals surface area contributed by atoms with Crippen molar-refractivity contribution in [2.45, 2.75) is 56.2 Å². The van der Waals surface area contributed by atoms with E-state index in [9.17, 15) is 18.0 Å². The van der Waals surface area contributed by atoms with Crippen molar-refractivity contribution in [2.24, 2.45) is 5.92 Å². The van der Waals surface area contributed by atoms with Gasteiger partial charge in [-0.15, -0.1) is 0 Å². The van der Waals surface area contributed by atoms with Crippen molar-refractivity contribution >= 4 is 62.2 Å². The molecule has 2 amide bonds. The summed E-state index contributed by atoms with van der Waals surface area (Å²) in [6.07, 6.45) is 6.23. The van der Waals surface area contributed by atoms with Crippen molar-refractivity contribution in [3.8, 4) is 0 Å². The summed E-state index contributed by atoms with van der Waals surface area (Å²) in [5.41, 5.74) is 4.37. The third-order valence-corrected chi connectivity index (χ3v) is 11.0. The van der Waals surface area contributed by atoms with Crippen LogP contribution in [0.4, 0.5) is 5.69 Å². The minimum absolute atomic E-state index is 0.00508. The number of halogens is 2. The quantitative estimate of drug-likeness (QED) is 0.248. The van der Waals surface area contributed by atoms with Gasteiger partial charge in [-0.3, -0.25) is 9.59 Å². The molecule has 0 radical (unpaired) electrons. The van der Waals surface area contributed by atoms with E-state index >= 15 is 0 Å². The van der Waals surface area contributed by atoms with Crippen LogP contribution in [0.1, 0.15) is 64.1 Å². The average Bonchev–Trinajstić information content (AvgIpc) is 3.46. The number of aromatic nitrogens is 1. The van der Waals surface area contributed by atoms with Gasteiger partial charge >= 0.3 is 0 Å². The molecule has 43 heavy (non-hydrogen) atoms. The molecule has 0 spiro atoms. The molecule has 3 aliphatic rings. The summed E-state index contributed by atoms with van der Waals surface area (Å²) in [5.74, 6) is 0.0537. The number of rotatable bonds is 9. The monoisotopic (exact) mass is 640 g/mol. The van der Waals surface area contributed by atoms with Crippen molar-refractivity contribution in [1.82, 2.24) is 15.2 Å². The molecule has 1 saturated carbocycles. The standard InChI is InChI=1S/C32H34Cl2N4O4S/c1-18-29(36-19(2)30(18)32(40)38-12-4-5-21(38)16-35-15-20-8-9-20)14-24-23-13-22(10-11-28(23)37-31(24)39)43(41,42)17-25-26(33)6-3-7-27(25)34/h3,6-7,10-11,13-14,20-21,35-36H,4-5,8-9,12,15-17H2,1-2H3,(H,37,39)/t21-/m0/s1. The number of hydrogen-bond donors (Lipinski definition) is 3. The van der Waals surface area contributed by atoms with Gasteiger partial charge in [0, 0.05) is 57.4 Å². The van der Waals surface area contributed by atoms with Gasteiger partial charge in [0.05, 0.1) is 21.8 Å². The second kappa shape index (κ2) is 11.8. The second-order valence-electron chi connectivity index (χ2n) is 11.7. The van der Waals surface area contributed by atoms with E-state index in [-0.39, 0.29) is 38.5 Å². The number of fused-ring (bicyclic) bond motifs is 1. The van der Waals surface area contributed by atoms with Crippen LogP contribution >= 0.6 is 23.2 Å².